The molecule has 0 spiro atoms. The molecule has 1 saturated heterocycles. The zero-order chi connectivity index (χ0) is 16.2. The van der Waals surface area contributed by atoms with Crippen LogP contribution < -0.4 is 0 Å². The highest BCUT2D eigenvalue weighted by molar-refractivity contribution is 5.57. The number of piperidine rings is 1. The van der Waals surface area contributed by atoms with E-state index in [1.807, 2.05) is 0 Å². The van der Waals surface area contributed by atoms with E-state index in [1.54, 1.807) is 0 Å². The first-order valence-corrected chi connectivity index (χ1v) is 8.58. The lowest BCUT2D eigenvalue weighted by Gasteiger charge is -2.47. The van der Waals surface area contributed by atoms with Gasteiger partial charge in [-0.25, -0.2) is 0 Å². The molecule has 1 atom stereocenters. The van der Waals surface area contributed by atoms with Gasteiger partial charge in [-0.05, 0) is 36.8 Å². The van der Waals surface area contributed by atoms with Crippen LogP contribution in [0.1, 0.15) is 58.9 Å². The van der Waals surface area contributed by atoms with Gasteiger partial charge in [0.25, 0.3) is 0 Å². The molecule has 0 amide bonds. The quantitative estimate of drug-likeness (QED) is 0.711. The number of carbonyl (C=O) groups is 1. The Bertz CT molecular complexity index is 478. The third-order valence-electron chi connectivity index (χ3n) is 4.97. The Morgan fingerprint density at radius 3 is 2.45 bits per heavy atom. The molecule has 2 heteroatoms. The molecule has 122 valence electrons. The van der Waals surface area contributed by atoms with Crippen molar-refractivity contribution in [1.82, 2.24) is 4.90 Å². The van der Waals surface area contributed by atoms with Crippen LogP contribution in [0.5, 0.6) is 0 Å². The van der Waals surface area contributed by atoms with E-state index in [0.717, 1.165) is 19.3 Å². The highest BCUT2D eigenvalue weighted by Crippen LogP contribution is 2.41. The number of carbonyl (C=O) groups excluding carboxylic acids is 1. The smallest absolute Gasteiger partial charge is 0.125 e. The van der Waals surface area contributed by atoms with Crippen molar-refractivity contribution in [2.24, 2.45) is 10.8 Å². The molecule has 0 radical (unpaired) electrons. The molecule has 0 aromatic heterocycles. The molecular formula is C20H31NO. The maximum absolute atomic E-state index is 11.3. The van der Waals surface area contributed by atoms with Crippen LogP contribution >= 0.6 is 0 Å². The monoisotopic (exact) mass is 301 g/mol. The number of hydrogen-bond acceptors (Lipinski definition) is 2. The predicted octanol–water partition coefficient (Wildman–Crippen LogP) is 4.68. The summed E-state index contributed by atoms with van der Waals surface area (Å²) in [6, 6.07) is 11.3. The molecule has 1 heterocycles. The molecule has 1 aromatic carbocycles. The van der Waals surface area contributed by atoms with E-state index in [4.69, 9.17) is 0 Å². The van der Waals surface area contributed by atoms with Crippen LogP contribution in [0.3, 0.4) is 0 Å². The molecule has 0 saturated carbocycles. The van der Waals surface area contributed by atoms with Gasteiger partial charge in [0.05, 0.1) is 0 Å². The maximum Gasteiger partial charge on any atom is 0.125 e. The Labute approximate surface area is 135 Å². The van der Waals surface area contributed by atoms with E-state index in [1.165, 1.54) is 31.4 Å². The van der Waals surface area contributed by atoms with Crippen molar-refractivity contribution in [2.75, 3.05) is 6.54 Å². The fraction of sp³-hybridized carbons (Fsp3) is 0.650. The number of rotatable bonds is 6. The lowest BCUT2D eigenvalue weighted by molar-refractivity contribution is -0.117. The average molecular weight is 301 g/mol. The van der Waals surface area contributed by atoms with Crippen molar-refractivity contribution in [2.45, 2.75) is 66.0 Å². The SMILES string of the molecule is CC(C)(C=O)CC(C)(C)C1CCCCN1Cc1ccccc1. The van der Waals surface area contributed by atoms with Crippen LogP contribution in [-0.2, 0) is 11.3 Å². The molecule has 0 N–H and O–H groups in total. The van der Waals surface area contributed by atoms with Crippen molar-refractivity contribution in [1.29, 1.82) is 0 Å². The van der Waals surface area contributed by atoms with Gasteiger partial charge in [0.15, 0.2) is 0 Å². The summed E-state index contributed by atoms with van der Waals surface area (Å²) < 4.78 is 0. The van der Waals surface area contributed by atoms with Gasteiger partial charge in [-0.2, -0.15) is 0 Å². The maximum atomic E-state index is 11.3. The number of likely N-dealkylation sites (tertiary alicyclic amines) is 1. The van der Waals surface area contributed by atoms with E-state index < -0.39 is 0 Å². The highest BCUT2D eigenvalue weighted by atomic mass is 16.1. The van der Waals surface area contributed by atoms with Gasteiger partial charge in [0.1, 0.15) is 6.29 Å². The summed E-state index contributed by atoms with van der Waals surface area (Å²) in [6.45, 7) is 11.0. The van der Waals surface area contributed by atoms with Crippen LogP contribution in [0.2, 0.25) is 0 Å². The standard InChI is InChI=1S/C20H31NO/c1-19(2,16-22)15-20(3,4)18-12-8-9-13-21(18)14-17-10-6-5-7-11-17/h5-7,10-11,16,18H,8-9,12-15H2,1-4H3. The number of aldehydes is 1. The van der Waals surface area contributed by atoms with Gasteiger partial charge in [-0.15, -0.1) is 0 Å². The predicted molar refractivity (Wildman–Crippen MR) is 92.7 cm³/mol. The highest BCUT2D eigenvalue weighted by Gasteiger charge is 2.39. The van der Waals surface area contributed by atoms with Gasteiger partial charge in [0, 0.05) is 18.0 Å². The van der Waals surface area contributed by atoms with Crippen molar-refractivity contribution in [3.05, 3.63) is 35.9 Å². The molecular weight excluding hydrogens is 270 g/mol. The normalized spacial score (nSPS) is 20.8. The van der Waals surface area contributed by atoms with Gasteiger partial charge in [-0.1, -0.05) is 64.4 Å². The fourth-order valence-electron chi connectivity index (χ4n) is 4.22. The Balaban J connectivity index is 2.13. The molecule has 1 aromatic rings. The first kappa shape index (κ1) is 17.2. The third kappa shape index (κ3) is 4.42. The van der Waals surface area contributed by atoms with Crippen molar-refractivity contribution in [3.8, 4) is 0 Å². The molecule has 1 fully saturated rings. The van der Waals surface area contributed by atoms with Crippen LogP contribution in [-0.4, -0.2) is 23.8 Å². The van der Waals surface area contributed by atoms with Gasteiger partial charge in [0.2, 0.25) is 0 Å². The summed E-state index contributed by atoms with van der Waals surface area (Å²) in [6.07, 6.45) is 5.91. The zero-order valence-electron chi connectivity index (χ0n) is 14.6. The Kier molecular flexibility index (Phi) is 5.44. The molecule has 2 nitrogen and oxygen atoms in total. The lowest BCUT2D eigenvalue weighted by atomic mass is 9.69. The summed E-state index contributed by atoms with van der Waals surface area (Å²) in [4.78, 5) is 14.0. The summed E-state index contributed by atoms with van der Waals surface area (Å²) in [7, 11) is 0. The minimum Gasteiger partial charge on any atom is -0.303 e. The molecule has 2 rings (SSSR count). The van der Waals surface area contributed by atoms with Crippen molar-refractivity contribution < 1.29 is 4.79 Å². The second-order valence-electron chi connectivity index (χ2n) is 8.24. The number of nitrogens with zero attached hydrogens (tertiary/aromatic N) is 1. The first-order chi connectivity index (χ1) is 10.3. The summed E-state index contributed by atoms with van der Waals surface area (Å²) in [5, 5.41) is 0. The minimum absolute atomic E-state index is 0.152. The average Bonchev–Trinajstić information content (AvgIpc) is 2.48. The van der Waals surface area contributed by atoms with E-state index in [2.05, 4.69) is 62.9 Å². The van der Waals surface area contributed by atoms with Gasteiger partial charge < -0.3 is 4.79 Å². The minimum atomic E-state index is -0.237. The molecule has 1 unspecified atom stereocenters. The Hall–Kier alpha value is -1.15. The van der Waals surface area contributed by atoms with Crippen molar-refractivity contribution >= 4 is 6.29 Å². The zero-order valence-corrected chi connectivity index (χ0v) is 14.6. The first-order valence-electron chi connectivity index (χ1n) is 8.58. The molecule has 0 aliphatic carbocycles. The number of hydrogen-bond donors (Lipinski definition) is 0. The van der Waals surface area contributed by atoms with E-state index in [9.17, 15) is 4.79 Å². The van der Waals surface area contributed by atoms with Crippen LogP contribution in [0.15, 0.2) is 30.3 Å². The van der Waals surface area contributed by atoms with E-state index >= 15 is 0 Å². The van der Waals surface area contributed by atoms with Crippen LogP contribution in [0.4, 0.5) is 0 Å². The largest absolute Gasteiger partial charge is 0.303 e. The summed E-state index contributed by atoms with van der Waals surface area (Å²) in [5.41, 5.74) is 1.30. The Morgan fingerprint density at radius 1 is 1.14 bits per heavy atom. The van der Waals surface area contributed by atoms with E-state index in [0.29, 0.717) is 6.04 Å². The van der Waals surface area contributed by atoms with Crippen LogP contribution in [0, 0.1) is 10.8 Å². The molecule has 22 heavy (non-hydrogen) atoms. The lowest BCUT2D eigenvalue weighted by Crippen LogP contribution is -2.49. The fourth-order valence-corrected chi connectivity index (χ4v) is 4.22. The van der Waals surface area contributed by atoms with Crippen molar-refractivity contribution in [3.63, 3.8) is 0 Å². The summed E-state index contributed by atoms with van der Waals surface area (Å²) in [5.74, 6) is 0. The van der Waals surface area contributed by atoms with Gasteiger partial charge >= 0.3 is 0 Å². The summed E-state index contributed by atoms with van der Waals surface area (Å²) >= 11 is 0. The van der Waals surface area contributed by atoms with Crippen LogP contribution in [0.25, 0.3) is 0 Å². The molecule has 1 aliphatic rings. The Morgan fingerprint density at radius 2 is 1.82 bits per heavy atom. The second kappa shape index (κ2) is 6.95. The molecule has 1 aliphatic heterocycles. The van der Waals surface area contributed by atoms with E-state index in [-0.39, 0.29) is 10.8 Å². The van der Waals surface area contributed by atoms with Gasteiger partial charge in [-0.3, -0.25) is 4.90 Å². The number of benzene rings is 1. The second-order valence-corrected chi connectivity index (χ2v) is 8.24. The topological polar surface area (TPSA) is 20.3 Å². The third-order valence-corrected chi connectivity index (χ3v) is 4.97. The molecule has 0 bridgehead atoms.